The molecule has 0 saturated heterocycles. The largest absolute Gasteiger partial charge is 0.485 e. The summed E-state index contributed by atoms with van der Waals surface area (Å²) < 4.78 is 9.16. The van der Waals surface area contributed by atoms with Crippen molar-refractivity contribution in [2.75, 3.05) is 7.05 Å². The van der Waals surface area contributed by atoms with Crippen LogP contribution in [0.1, 0.15) is 35.4 Å². The lowest BCUT2D eigenvalue weighted by atomic mass is 9.93. The van der Waals surface area contributed by atoms with E-state index in [0.29, 0.717) is 6.04 Å². The van der Waals surface area contributed by atoms with Gasteiger partial charge in [-0.2, -0.15) is 5.10 Å². The summed E-state index contributed by atoms with van der Waals surface area (Å²) in [5, 5.41) is 7.71. The number of aryl methyl sites for hydroxylation is 1. The summed E-state index contributed by atoms with van der Waals surface area (Å²) in [6, 6.07) is 6.47. The highest BCUT2D eigenvalue weighted by Gasteiger charge is 2.30. The van der Waals surface area contributed by atoms with Gasteiger partial charge in [-0.1, -0.05) is 15.9 Å². The van der Waals surface area contributed by atoms with Crippen LogP contribution in [0.15, 0.2) is 28.9 Å². The van der Waals surface area contributed by atoms with Crippen molar-refractivity contribution in [3.8, 4) is 5.75 Å². The molecule has 0 aliphatic carbocycles. The van der Waals surface area contributed by atoms with Gasteiger partial charge in [-0.15, -0.1) is 0 Å². The zero-order valence-electron chi connectivity index (χ0n) is 11.9. The van der Waals surface area contributed by atoms with E-state index in [4.69, 9.17) is 4.74 Å². The number of ether oxygens (including phenoxy) is 1. The summed E-state index contributed by atoms with van der Waals surface area (Å²) in [5.74, 6) is 0.951. The molecule has 3 rings (SSSR count). The molecule has 2 unspecified atom stereocenters. The molecule has 0 spiro atoms. The minimum atomic E-state index is 0.0508. The molecule has 0 fully saturated rings. The first-order valence-electron chi connectivity index (χ1n) is 6.72. The molecular weight excluding hydrogens is 318 g/mol. The normalized spacial score (nSPS) is 21.4. The van der Waals surface area contributed by atoms with E-state index in [9.17, 15) is 0 Å². The standard InChI is InChI=1S/C15H18BrN3O/c1-9-12(8-18-19(9)3)15-7-13(17-2)11-6-10(16)4-5-14(11)20-15/h4-6,8,13,15,17H,7H2,1-3H3. The van der Waals surface area contributed by atoms with Crippen LogP contribution in [0.2, 0.25) is 0 Å². The molecule has 5 heteroatoms. The second-order valence-electron chi connectivity index (χ2n) is 5.17. The van der Waals surface area contributed by atoms with E-state index in [0.717, 1.165) is 22.3 Å². The van der Waals surface area contributed by atoms with Crippen molar-refractivity contribution in [3.63, 3.8) is 0 Å². The van der Waals surface area contributed by atoms with E-state index in [1.807, 2.05) is 37.1 Å². The van der Waals surface area contributed by atoms with Gasteiger partial charge in [-0.05, 0) is 32.2 Å². The quantitative estimate of drug-likeness (QED) is 0.915. The number of hydrogen-bond donors (Lipinski definition) is 1. The van der Waals surface area contributed by atoms with Gasteiger partial charge in [0.05, 0.1) is 6.20 Å². The van der Waals surface area contributed by atoms with Crippen molar-refractivity contribution in [1.29, 1.82) is 0 Å². The fourth-order valence-corrected chi connectivity index (χ4v) is 3.12. The fraction of sp³-hybridized carbons (Fsp3) is 0.400. The first-order valence-corrected chi connectivity index (χ1v) is 7.51. The zero-order chi connectivity index (χ0) is 14.3. The van der Waals surface area contributed by atoms with Crippen molar-refractivity contribution in [2.45, 2.75) is 25.5 Å². The maximum absolute atomic E-state index is 6.19. The minimum absolute atomic E-state index is 0.0508. The predicted octanol–water partition coefficient (Wildman–Crippen LogP) is 3.28. The Labute approximate surface area is 127 Å². The van der Waals surface area contributed by atoms with Crippen molar-refractivity contribution in [3.05, 3.63) is 45.7 Å². The van der Waals surface area contributed by atoms with Crippen LogP contribution in [-0.4, -0.2) is 16.8 Å². The van der Waals surface area contributed by atoms with Crippen molar-refractivity contribution >= 4 is 15.9 Å². The smallest absolute Gasteiger partial charge is 0.129 e. The van der Waals surface area contributed by atoms with Gasteiger partial charge in [0.2, 0.25) is 0 Å². The van der Waals surface area contributed by atoms with Crippen molar-refractivity contribution in [1.82, 2.24) is 15.1 Å². The molecule has 1 aliphatic rings. The van der Waals surface area contributed by atoms with Gasteiger partial charge in [-0.25, -0.2) is 0 Å². The molecule has 106 valence electrons. The average Bonchev–Trinajstić information content (AvgIpc) is 2.78. The summed E-state index contributed by atoms with van der Waals surface area (Å²) in [4.78, 5) is 0. The molecule has 1 aromatic carbocycles. The first kappa shape index (κ1) is 13.6. The van der Waals surface area contributed by atoms with Crippen LogP contribution in [0.25, 0.3) is 0 Å². The van der Waals surface area contributed by atoms with Crippen LogP contribution in [0.3, 0.4) is 0 Å². The maximum Gasteiger partial charge on any atom is 0.129 e. The number of fused-ring (bicyclic) bond motifs is 1. The minimum Gasteiger partial charge on any atom is -0.485 e. The number of rotatable bonds is 2. The molecule has 0 bridgehead atoms. The third-order valence-corrected chi connectivity index (χ3v) is 4.53. The van der Waals surface area contributed by atoms with Gasteiger partial charge >= 0.3 is 0 Å². The lowest BCUT2D eigenvalue weighted by Gasteiger charge is -2.32. The topological polar surface area (TPSA) is 39.1 Å². The molecule has 2 aromatic rings. The lowest BCUT2D eigenvalue weighted by Crippen LogP contribution is -2.27. The Balaban J connectivity index is 1.99. The SMILES string of the molecule is CNC1CC(c2cnn(C)c2C)Oc2ccc(Br)cc21. The van der Waals surface area contributed by atoms with E-state index in [-0.39, 0.29) is 6.10 Å². The molecule has 2 heterocycles. The van der Waals surface area contributed by atoms with Crippen LogP contribution >= 0.6 is 15.9 Å². The lowest BCUT2D eigenvalue weighted by molar-refractivity contribution is 0.153. The highest BCUT2D eigenvalue weighted by Crippen LogP contribution is 2.42. The summed E-state index contributed by atoms with van der Waals surface area (Å²) in [6.45, 7) is 2.08. The zero-order valence-corrected chi connectivity index (χ0v) is 13.4. The predicted molar refractivity (Wildman–Crippen MR) is 81.9 cm³/mol. The van der Waals surface area contributed by atoms with Gasteiger partial charge in [0.1, 0.15) is 11.9 Å². The number of benzene rings is 1. The van der Waals surface area contributed by atoms with E-state index >= 15 is 0 Å². The first-order chi connectivity index (χ1) is 9.60. The van der Waals surface area contributed by atoms with Gasteiger partial charge in [0.25, 0.3) is 0 Å². The Hall–Kier alpha value is -1.33. The van der Waals surface area contributed by atoms with Crippen LogP contribution in [-0.2, 0) is 7.05 Å². The average molecular weight is 336 g/mol. The van der Waals surface area contributed by atoms with E-state index < -0.39 is 0 Å². The highest BCUT2D eigenvalue weighted by atomic mass is 79.9. The molecular formula is C15H18BrN3O. The number of hydrogen-bond acceptors (Lipinski definition) is 3. The molecule has 2 atom stereocenters. The Morgan fingerprint density at radius 3 is 2.85 bits per heavy atom. The van der Waals surface area contributed by atoms with E-state index in [2.05, 4.69) is 39.3 Å². The third kappa shape index (κ3) is 2.25. The molecule has 0 saturated carbocycles. The van der Waals surface area contributed by atoms with Crippen LogP contribution in [0, 0.1) is 6.92 Å². The van der Waals surface area contributed by atoms with Crippen LogP contribution < -0.4 is 10.1 Å². The summed E-state index contributed by atoms with van der Waals surface area (Å²) >= 11 is 3.53. The Bertz CT molecular complexity index is 638. The Kier molecular flexibility index (Phi) is 3.56. The van der Waals surface area contributed by atoms with Crippen molar-refractivity contribution < 1.29 is 4.74 Å². The Morgan fingerprint density at radius 1 is 1.40 bits per heavy atom. The molecule has 1 aliphatic heterocycles. The summed E-state index contributed by atoms with van der Waals surface area (Å²) in [7, 11) is 3.95. The maximum atomic E-state index is 6.19. The van der Waals surface area contributed by atoms with Gasteiger partial charge in [0, 0.05) is 40.8 Å². The fourth-order valence-electron chi connectivity index (χ4n) is 2.74. The van der Waals surface area contributed by atoms with Gasteiger partial charge < -0.3 is 10.1 Å². The van der Waals surface area contributed by atoms with E-state index in [1.165, 1.54) is 11.1 Å². The second kappa shape index (κ2) is 5.22. The molecule has 1 N–H and O–H groups in total. The van der Waals surface area contributed by atoms with E-state index in [1.54, 1.807) is 0 Å². The third-order valence-electron chi connectivity index (χ3n) is 4.03. The van der Waals surface area contributed by atoms with Crippen LogP contribution in [0.4, 0.5) is 0 Å². The van der Waals surface area contributed by atoms with Crippen LogP contribution in [0.5, 0.6) is 5.75 Å². The van der Waals surface area contributed by atoms with Gasteiger partial charge in [0.15, 0.2) is 0 Å². The molecule has 1 aromatic heterocycles. The highest BCUT2D eigenvalue weighted by molar-refractivity contribution is 9.10. The molecule has 0 amide bonds. The summed E-state index contributed by atoms with van der Waals surface area (Å²) in [5.41, 5.74) is 3.53. The molecule has 4 nitrogen and oxygen atoms in total. The number of aromatic nitrogens is 2. The molecule has 0 radical (unpaired) electrons. The van der Waals surface area contributed by atoms with Crippen molar-refractivity contribution in [2.24, 2.45) is 7.05 Å². The number of halogens is 1. The molecule has 20 heavy (non-hydrogen) atoms. The number of nitrogens with one attached hydrogen (secondary N) is 1. The summed E-state index contributed by atoms with van der Waals surface area (Å²) in [6.07, 6.45) is 2.87. The number of nitrogens with zero attached hydrogens (tertiary/aromatic N) is 2. The van der Waals surface area contributed by atoms with Gasteiger partial charge in [-0.3, -0.25) is 4.68 Å². The monoisotopic (exact) mass is 335 g/mol. The second-order valence-corrected chi connectivity index (χ2v) is 6.09. The Morgan fingerprint density at radius 2 is 2.20 bits per heavy atom.